The molecule has 0 unspecified atom stereocenters. The van der Waals surface area contributed by atoms with Crippen LogP contribution in [0.3, 0.4) is 0 Å². The molecular weight excluding hydrogens is 399 g/mol. The average molecular weight is 410 g/mol. The Morgan fingerprint density at radius 1 is 1.10 bits per heavy atom. The van der Waals surface area contributed by atoms with Crippen molar-refractivity contribution in [3.63, 3.8) is 0 Å². The highest BCUT2D eigenvalue weighted by atomic mass is 79.9. The molecule has 0 fully saturated rings. The number of fused-ring (bicyclic) bond motifs is 1. The zero-order chi connectivity index (χ0) is 14.8. The second-order valence-corrected chi connectivity index (χ2v) is 6.31. The van der Waals surface area contributed by atoms with Gasteiger partial charge >= 0.3 is 0 Å². The van der Waals surface area contributed by atoms with Crippen molar-refractivity contribution < 1.29 is 4.39 Å². The van der Waals surface area contributed by atoms with E-state index in [1.54, 1.807) is 12.3 Å². The fourth-order valence-corrected chi connectivity index (χ4v) is 2.91. The van der Waals surface area contributed by atoms with E-state index in [2.05, 4.69) is 42.2 Å². The predicted molar refractivity (Wildman–Crippen MR) is 90.9 cm³/mol. The molecule has 0 amide bonds. The fraction of sp³-hybridized carbons (Fsp3) is 0.0625. The first-order valence-electron chi connectivity index (χ1n) is 6.36. The lowest BCUT2D eigenvalue weighted by molar-refractivity contribution is 0.618. The number of benzene rings is 2. The van der Waals surface area contributed by atoms with Gasteiger partial charge < -0.3 is 5.32 Å². The first-order chi connectivity index (χ1) is 10.1. The van der Waals surface area contributed by atoms with Crippen molar-refractivity contribution in [2.75, 3.05) is 5.32 Å². The van der Waals surface area contributed by atoms with Crippen molar-refractivity contribution in [1.82, 2.24) is 4.98 Å². The van der Waals surface area contributed by atoms with Gasteiger partial charge in [-0.15, -0.1) is 0 Å². The summed E-state index contributed by atoms with van der Waals surface area (Å²) in [6.45, 7) is 0.523. The summed E-state index contributed by atoms with van der Waals surface area (Å²) in [5.74, 6) is -0.255. The van der Waals surface area contributed by atoms with Crippen molar-refractivity contribution in [3.8, 4) is 0 Å². The van der Waals surface area contributed by atoms with Gasteiger partial charge in [-0.3, -0.25) is 4.98 Å². The molecule has 5 heteroatoms. The van der Waals surface area contributed by atoms with E-state index in [-0.39, 0.29) is 5.82 Å². The summed E-state index contributed by atoms with van der Waals surface area (Å²) in [7, 11) is 0. The van der Waals surface area contributed by atoms with E-state index in [1.807, 2.05) is 30.3 Å². The van der Waals surface area contributed by atoms with Crippen LogP contribution in [-0.4, -0.2) is 4.98 Å². The van der Waals surface area contributed by atoms with Crippen LogP contribution in [0.25, 0.3) is 10.9 Å². The lowest BCUT2D eigenvalue weighted by Gasteiger charge is -2.11. The highest BCUT2D eigenvalue weighted by molar-refractivity contribution is 9.10. The van der Waals surface area contributed by atoms with Crippen LogP contribution in [0.15, 0.2) is 57.6 Å². The summed E-state index contributed by atoms with van der Waals surface area (Å²) < 4.78 is 14.9. The van der Waals surface area contributed by atoms with Gasteiger partial charge in [0.05, 0.1) is 15.7 Å². The number of halogens is 3. The lowest BCUT2D eigenvalue weighted by Crippen LogP contribution is -2.02. The van der Waals surface area contributed by atoms with Crippen LogP contribution in [0.2, 0.25) is 0 Å². The van der Waals surface area contributed by atoms with Gasteiger partial charge in [-0.05, 0) is 55.6 Å². The molecular formula is C16H11Br2FN2. The molecule has 21 heavy (non-hydrogen) atoms. The largest absolute Gasteiger partial charge is 0.379 e. The number of anilines is 1. The molecule has 2 aromatic carbocycles. The van der Waals surface area contributed by atoms with Gasteiger partial charge in [0.25, 0.3) is 0 Å². The van der Waals surface area contributed by atoms with Gasteiger partial charge in [0.1, 0.15) is 5.82 Å². The van der Waals surface area contributed by atoms with E-state index in [0.29, 0.717) is 11.0 Å². The molecule has 1 aromatic heterocycles. The average Bonchev–Trinajstić information content (AvgIpc) is 2.48. The highest BCUT2D eigenvalue weighted by Crippen LogP contribution is 2.26. The topological polar surface area (TPSA) is 24.9 Å². The zero-order valence-corrected chi connectivity index (χ0v) is 14.1. The number of rotatable bonds is 3. The molecule has 0 bridgehead atoms. The SMILES string of the molecule is Fc1cccc(CNc2cccc3cc(Br)cnc23)c1Br. The van der Waals surface area contributed by atoms with Gasteiger partial charge in [-0.25, -0.2) is 4.39 Å². The summed E-state index contributed by atoms with van der Waals surface area (Å²) in [5, 5.41) is 4.37. The Hall–Kier alpha value is -1.46. The first kappa shape index (κ1) is 14.5. The van der Waals surface area contributed by atoms with E-state index in [0.717, 1.165) is 26.6 Å². The van der Waals surface area contributed by atoms with Crippen LogP contribution in [0, 0.1) is 5.82 Å². The number of para-hydroxylation sites is 1. The summed E-state index contributed by atoms with van der Waals surface area (Å²) in [4.78, 5) is 4.44. The van der Waals surface area contributed by atoms with E-state index >= 15 is 0 Å². The molecule has 1 heterocycles. The summed E-state index contributed by atoms with van der Waals surface area (Å²) in [5.41, 5.74) is 2.69. The zero-order valence-electron chi connectivity index (χ0n) is 10.9. The Morgan fingerprint density at radius 3 is 2.76 bits per heavy atom. The molecule has 0 saturated heterocycles. The van der Waals surface area contributed by atoms with Crippen LogP contribution in [0.4, 0.5) is 10.1 Å². The third-order valence-corrected chi connectivity index (χ3v) is 4.50. The maximum absolute atomic E-state index is 13.5. The Labute approximate surface area is 138 Å². The van der Waals surface area contributed by atoms with Crippen molar-refractivity contribution in [2.45, 2.75) is 6.54 Å². The molecule has 106 valence electrons. The first-order valence-corrected chi connectivity index (χ1v) is 7.95. The summed E-state index contributed by atoms with van der Waals surface area (Å²) >= 11 is 6.70. The van der Waals surface area contributed by atoms with E-state index < -0.39 is 0 Å². The highest BCUT2D eigenvalue weighted by Gasteiger charge is 2.07. The normalized spacial score (nSPS) is 10.8. The van der Waals surface area contributed by atoms with Crippen LogP contribution < -0.4 is 5.32 Å². The van der Waals surface area contributed by atoms with Gasteiger partial charge in [0.15, 0.2) is 0 Å². The van der Waals surface area contributed by atoms with Crippen molar-refractivity contribution in [1.29, 1.82) is 0 Å². The second kappa shape index (κ2) is 6.12. The summed E-state index contributed by atoms with van der Waals surface area (Å²) in [6, 6.07) is 13.0. The Morgan fingerprint density at radius 2 is 1.90 bits per heavy atom. The smallest absolute Gasteiger partial charge is 0.137 e. The molecule has 3 aromatic rings. The standard InChI is InChI=1S/C16H11Br2FN2/c17-12-7-10-3-2-6-14(16(10)21-9-12)20-8-11-4-1-5-13(19)15(11)18/h1-7,9,20H,8H2. The lowest BCUT2D eigenvalue weighted by atomic mass is 10.1. The van der Waals surface area contributed by atoms with Gasteiger partial charge in [0, 0.05) is 22.6 Å². The monoisotopic (exact) mass is 408 g/mol. The second-order valence-electron chi connectivity index (χ2n) is 4.60. The van der Waals surface area contributed by atoms with Crippen molar-refractivity contribution in [2.24, 2.45) is 0 Å². The third kappa shape index (κ3) is 3.09. The molecule has 0 spiro atoms. The van der Waals surface area contributed by atoms with Crippen molar-refractivity contribution in [3.05, 3.63) is 69.0 Å². The minimum atomic E-state index is -0.255. The van der Waals surface area contributed by atoms with Gasteiger partial charge in [-0.1, -0.05) is 24.3 Å². The minimum Gasteiger partial charge on any atom is -0.379 e. The maximum atomic E-state index is 13.5. The van der Waals surface area contributed by atoms with Crippen LogP contribution in [-0.2, 0) is 6.54 Å². The number of nitrogens with zero attached hydrogens (tertiary/aromatic N) is 1. The number of hydrogen-bond acceptors (Lipinski definition) is 2. The number of hydrogen-bond donors (Lipinski definition) is 1. The van der Waals surface area contributed by atoms with E-state index in [1.165, 1.54) is 6.07 Å². The van der Waals surface area contributed by atoms with E-state index in [9.17, 15) is 4.39 Å². The van der Waals surface area contributed by atoms with Gasteiger partial charge in [-0.2, -0.15) is 0 Å². The van der Waals surface area contributed by atoms with Gasteiger partial charge in [0.2, 0.25) is 0 Å². The van der Waals surface area contributed by atoms with Crippen LogP contribution >= 0.6 is 31.9 Å². The van der Waals surface area contributed by atoms with Crippen LogP contribution in [0.5, 0.6) is 0 Å². The van der Waals surface area contributed by atoms with E-state index in [4.69, 9.17) is 0 Å². The maximum Gasteiger partial charge on any atom is 0.137 e. The number of nitrogens with one attached hydrogen (secondary N) is 1. The molecule has 0 aliphatic carbocycles. The number of aromatic nitrogens is 1. The Kier molecular flexibility index (Phi) is 4.22. The third-order valence-electron chi connectivity index (χ3n) is 3.18. The molecule has 0 atom stereocenters. The minimum absolute atomic E-state index is 0.255. The quantitative estimate of drug-likeness (QED) is 0.616. The molecule has 3 rings (SSSR count). The number of pyridine rings is 1. The molecule has 2 nitrogen and oxygen atoms in total. The molecule has 0 saturated carbocycles. The molecule has 0 radical (unpaired) electrons. The Balaban J connectivity index is 1.90. The fourth-order valence-electron chi connectivity index (χ4n) is 2.15. The summed E-state index contributed by atoms with van der Waals surface area (Å²) in [6.07, 6.45) is 1.77. The molecule has 0 aliphatic rings. The van der Waals surface area contributed by atoms with Crippen molar-refractivity contribution >= 4 is 48.5 Å². The molecule has 0 aliphatic heterocycles. The predicted octanol–water partition coefficient (Wildman–Crippen LogP) is 5.51. The molecule has 1 N–H and O–H groups in total. The Bertz CT molecular complexity index is 805. The van der Waals surface area contributed by atoms with Crippen LogP contribution in [0.1, 0.15) is 5.56 Å².